The maximum Gasteiger partial charge on any atom is 0.268 e. The number of halogens is 2. The summed E-state index contributed by atoms with van der Waals surface area (Å²) in [7, 11) is 0. The highest BCUT2D eigenvalue weighted by molar-refractivity contribution is 6.01. The van der Waals surface area contributed by atoms with Gasteiger partial charge in [-0.2, -0.15) is 5.26 Å². The largest absolute Gasteiger partial charge is 0.343 e. The Morgan fingerprint density at radius 2 is 2.03 bits per heavy atom. The lowest BCUT2D eigenvalue weighted by Crippen LogP contribution is -2.43. The van der Waals surface area contributed by atoms with Gasteiger partial charge in [-0.15, -0.1) is 0 Å². The van der Waals surface area contributed by atoms with E-state index >= 15 is 0 Å². The second-order valence-electron chi connectivity index (χ2n) is 7.07. The normalized spacial score (nSPS) is 18.0. The third-order valence-electron chi connectivity index (χ3n) is 4.81. The molecule has 0 aliphatic carbocycles. The van der Waals surface area contributed by atoms with Crippen molar-refractivity contribution in [1.29, 1.82) is 5.26 Å². The molecule has 1 saturated heterocycles. The van der Waals surface area contributed by atoms with Crippen molar-refractivity contribution in [3.8, 4) is 6.07 Å². The lowest BCUT2D eigenvalue weighted by Gasteiger charge is -2.19. The zero-order chi connectivity index (χ0) is 21.7. The molecule has 1 N–H and O–H groups in total. The lowest BCUT2D eigenvalue weighted by molar-refractivity contribution is -0.131. The summed E-state index contributed by atoms with van der Waals surface area (Å²) in [5.74, 6) is -4.35. The van der Waals surface area contributed by atoms with Crippen molar-refractivity contribution in [2.45, 2.75) is 25.3 Å². The standard InChI is InChI=1S/C22H20F2N4O2/c1-15(9-16-5-3-2-4-6-16)19-12-26-8-7-18(19)21(30)27-13-20(29)28-14-22(23,24)10-17(28)11-25/h2-9,12,17H,10,13-14H2,1H3,(H,27,30)/b15-9+/t17-/m0/s1. The van der Waals surface area contributed by atoms with Gasteiger partial charge in [0.15, 0.2) is 0 Å². The van der Waals surface area contributed by atoms with E-state index in [1.807, 2.05) is 43.3 Å². The van der Waals surface area contributed by atoms with Crippen LogP contribution in [0, 0.1) is 11.3 Å². The maximum atomic E-state index is 13.5. The number of alkyl halides is 2. The van der Waals surface area contributed by atoms with E-state index in [4.69, 9.17) is 5.26 Å². The van der Waals surface area contributed by atoms with E-state index < -0.39 is 43.3 Å². The third-order valence-corrected chi connectivity index (χ3v) is 4.81. The maximum absolute atomic E-state index is 13.5. The Morgan fingerprint density at radius 3 is 2.73 bits per heavy atom. The first kappa shape index (κ1) is 21.1. The number of amides is 2. The summed E-state index contributed by atoms with van der Waals surface area (Å²) in [4.78, 5) is 29.9. The van der Waals surface area contributed by atoms with Gasteiger partial charge in [-0.25, -0.2) is 8.78 Å². The molecule has 2 aromatic rings. The van der Waals surface area contributed by atoms with E-state index in [1.54, 1.807) is 12.3 Å². The molecule has 6 nitrogen and oxygen atoms in total. The molecule has 0 radical (unpaired) electrons. The van der Waals surface area contributed by atoms with Crippen LogP contribution in [0.25, 0.3) is 11.6 Å². The first-order valence-electron chi connectivity index (χ1n) is 9.33. The first-order valence-corrected chi connectivity index (χ1v) is 9.33. The molecule has 154 valence electrons. The average Bonchev–Trinajstić information content (AvgIpc) is 3.07. The molecule has 30 heavy (non-hydrogen) atoms. The van der Waals surface area contributed by atoms with Crippen LogP contribution in [0.2, 0.25) is 0 Å². The molecule has 1 aliphatic heterocycles. The Balaban J connectivity index is 1.72. The Morgan fingerprint density at radius 1 is 1.30 bits per heavy atom. The van der Waals surface area contributed by atoms with Crippen LogP contribution in [0.1, 0.15) is 34.8 Å². The molecule has 1 aromatic carbocycles. The number of benzene rings is 1. The summed E-state index contributed by atoms with van der Waals surface area (Å²) in [6.07, 6.45) is 4.23. The monoisotopic (exact) mass is 410 g/mol. The zero-order valence-corrected chi connectivity index (χ0v) is 16.3. The van der Waals surface area contributed by atoms with Gasteiger partial charge in [0.1, 0.15) is 6.04 Å². The first-order chi connectivity index (χ1) is 14.3. The van der Waals surface area contributed by atoms with Crippen LogP contribution >= 0.6 is 0 Å². The number of rotatable bonds is 5. The van der Waals surface area contributed by atoms with Gasteiger partial charge in [-0.1, -0.05) is 36.4 Å². The Kier molecular flexibility index (Phi) is 6.21. The third kappa shape index (κ3) is 4.87. The lowest BCUT2D eigenvalue weighted by atomic mass is 10.0. The number of nitriles is 1. The highest BCUT2D eigenvalue weighted by Gasteiger charge is 2.47. The second kappa shape index (κ2) is 8.82. The molecule has 2 amide bonds. The van der Waals surface area contributed by atoms with E-state index in [1.165, 1.54) is 12.3 Å². The van der Waals surface area contributed by atoms with Crippen molar-refractivity contribution in [3.05, 3.63) is 65.5 Å². The molecule has 0 bridgehead atoms. The van der Waals surface area contributed by atoms with Crippen molar-refractivity contribution in [2.24, 2.45) is 0 Å². The van der Waals surface area contributed by atoms with Gasteiger partial charge >= 0.3 is 0 Å². The number of hydrogen-bond donors (Lipinski definition) is 1. The highest BCUT2D eigenvalue weighted by atomic mass is 19.3. The minimum absolute atomic E-state index is 0.311. The fourth-order valence-electron chi connectivity index (χ4n) is 3.33. The predicted molar refractivity (Wildman–Crippen MR) is 107 cm³/mol. The smallest absolute Gasteiger partial charge is 0.268 e. The average molecular weight is 410 g/mol. The molecular weight excluding hydrogens is 390 g/mol. The number of allylic oxidation sites excluding steroid dienone is 1. The van der Waals surface area contributed by atoms with Crippen molar-refractivity contribution in [2.75, 3.05) is 13.1 Å². The van der Waals surface area contributed by atoms with E-state index in [0.29, 0.717) is 11.1 Å². The molecule has 0 spiro atoms. The SMILES string of the molecule is C/C(=C\c1ccccc1)c1cnccc1C(=O)NCC(=O)N1CC(F)(F)C[C@H]1C#N. The van der Waals surface area contributed by atoms with Gasteiger partial charge in [0, 0.05) is 29.9 Å². The Labute approximate surface area is 172 Å². The molecule has 8 heteroatoms. The van der Waals surface area contributed by atoms with Crippen LogP contribution < -0.4 is 5.32 Å². The van der Waals surface area contributed by atoms with Gasteiger partial charge in [0.05, 0.1) is 19.2 Å². The number of carbonyl (C=O) groups is 2. The molecule has 1 atom stereocenters. The van der Waals surface area contributed by atoms with Gasteiger partial charge in [-0.3, -0.25) is 14.6 Å². The number of pyridine rings is 1. The summed E-state index contributed by atoms with van der Waals surface area (Å²) >= 11 is 0. The summed E-state index contributed by atoms with van der Waals surface area (Å²) in [5, 5.41) is 11.5. The number of nitrogens with one attached hydrogen (secondary N) is 1. The number of carbonyl (C=O) groups excluding carboxylic acids is 2. The minimum atomic E-state index is -3.10. The molecular formula is C22H20F2N4O2. The predicted octanol–water partition coefficient (Wildman–Crippen LogP) is 3.13. The van der Waals surface area contributed by atoms with Gasteiger partial charge in [0.25, 0.3) is 11.8 Å². The van der Waals surface area contributed by atoms with E-state index in [9.17, 15) is 18.4 Å². The van der Waals surface area contributed by atoms with Crippen LogP contribution in [0.3, 0.4) is 0 Å². The van der Waals surface area contributed by atoms with Crippen LogP contribution in [-0.4, -0.2) is 46.8 Å². The van der Waals surface area contributed by atoms with Crippen LogP contribution in [0.4, 0.5) is 8.78 Å². The summed E-state index contributed by atoms with van der Waals surface area (Å²) < 4.78 is 27.1. The Bertz CT molecular complexity index is 1020. The van der Waals surface area contributed by atoms with Gasteiger partial charge in [-0.05, 0) is 24.1 Å². The second-order valence-corrected chi connectivity index (χ2v) is 7.07. The number of nitrogens with zero attached hydrogens (tertiary/aromatic N) is 3. The quantitative estimate of drug-likeness (QED) is 0.821. The molecule has 0 unspecified atom stereocenters. The van der Waals surface area contributed by atoms with E-state index in [2.05, 4.69) is 10.3 Å². The van der Waals surface area contributed by atoms with Gasteiger partial charge < -0.3 is 10.2 Å². The van der Waals surface area contributed by atoms with Crippen molar-refractivity contribution >= 4 is 23.5 Å². The minimum Gasteiger partial charge on any atom is -0.343 e. The van der Waals surface area contributed by atoms with Gasteiger partial charge in [0.2, 0.25) is 5.91 Å². The summed E-state index contributed by atoms with van der Waals surface area (Å²) in [6, 6.07) is 11.6. The van der Waals surface area contributed by atoms with E-state index in [0.717, 1.165) is 16.0 Å². The molecule has 1 aliphatic rings. The molecule has 2 heterocycles. The molecule has 1 fully saturated rings. The number of likely N-dealkylation sites (tertiary alicyclic amines) is 1. The van der Waals surface area contributed by atoms with Crippen molar-refractivity contribution in [1.82, 2.24) is 15.2 Å². The van der Waals surface area contributed by atoms with E-state index in [-0.39, 0.29) is 0 Å². The topological polar surface area (TPSA) is 86.1 Å². The fraction of sp³-hybridized carbons (Fsp3) is 0.273. The fourth-order valence-corrected chi connectivity index (χ4v) is 3.33. The number of hydrogen-bond acceptors (Lipinski definition) is 4. The van der Waals surface area contributed by atoms with Crippen LogP contribution in [0.15, 0.2) is 48.8 Å². The molecule has 0 saturated carbocycles. The Hall–Kier alpha value is -3.60. The van der Waals surface area contributed by atoms with Crippen molar-refractivity contribution < 1.29 is 18.4 Å². The van der Waals surface area contributed by atoms with Crippen molar-refractivity contribution in [3.63, 3.8) is 0 Å². The zero-order valence-electron chi connectivity index (χ0n) is 16.3. The molecule has 1 aromatic heterocycles. The van der Waals surface area contributed by atoms with Crippen LogP contribution in [-0.2, 0) is 4.79 Å². The molecule has 3 rings (SSSR count). The number of aromatic nitrogens is 1. The summed E-state index contributed by atoms with van der Waals surface area (Å²) in [6.45, 7) is 0.547. The summed E-state index contributed by atoms with van der Waals surface area (Å²) in [5.41, 5.74) is 2.66. The van der Waals surface area contributed by atoms with Crippen LogP contribution in [0.5, 0.6) is 0 Å². The highest BCUT2D eigenvalue weighted by Crippen LogP contribution is 2.31.